The molecule has 0 spiro atoms. The van der Waals surface area contributed by atoms with Crippen molar-refractivity contribution in [1.29, 1.82) is 0 Å². The summed E-state index contributed by atoms with van der Waals surface area (Å²) >= 11 is 0. The van der Waals surface area contributed by atoms with E-state index in [-0.39, 0.29) is 0 Å². The van der Waals surface area contributed by atoms with E-state index in [1.807, 2.05) is 0 Å². The van der Waals surface area contributed by atoms with Gasteiger partial charge >= 0.3 is 5.97 Å². The fourth-order valence-electron chi connectivity index (χ4n) is 2.43. The van der Waals surface area contributed by atoms with E-state index in [1.54, 1.807) is 0 Å². The molecule has 0 aromatic carbocycles. The van der Waals surface area contributed by atoms with Crippen LogP contribution in [0.25, 0.3) is 0 Å². The molecule has 0 saturated carbocycles. The number of carboxylic acid groups (broad SMARTS) is 1. The van der Waals surface area contributed by atoms with E-state index in [9.17, 15) is 4.79 Å². The van der Waals surface area contributed by atoms with Crippen molar-refractivity contribution in [2.75, 3.05) is 26.2 Å². The van der Waals surface area contributed by atoms with Gasteiger partial charge in [0.05, 0.1) is 6.61 Å². The maximum atomic E-state index is 10.9. The van der Waals surface area contributed by atoms with Gasteiger partial charge in [-0.3, -0.25) is 4.90 Å². The monoisotopic (exact) mass is 251 g/mol. The van der Waals surface area contributed by atoms with Gasteiger partial charge in [0.1, 0.15) is 0 Å². The second-order valence-electron chi connectivity index (χ2n) is 5.13. The fraction of sp³-hybridized carbons (Fsp3) is 0.643. The number of morpholine rings is 1. The highest BCUT2D eigenvalue weighted by Crippen LogP contribution is 2.17. The van der Waals surface area contributed by atoms with Gasteiger partial charge in [0.25, 0.3) is 0 Å². The van der Waals surface area contributed by atoms with E-state index in [4.69, 9.17) is 9.84 Å². The van der Waals surface area contributed by atoms with E-state index in [2.05, 4.69) is 36.1 Å². The highest BCUT2D eigenvalue weighted by atomic mass is 16.5. The Morgan fingerprint density at radius 3 is 3.06 bits per heavy atom. The van der Waals surface area contributed by atoms with Crippen molar-refractivity contribution in [2.45, 2.75) is 19.4 Å². The average Bonchev–Trinajstić information content (AvgIpc) is 2.55. The molecule has 0 radical (unpaired) electrons. The Bertz CT molecular complexity index is 351. The van der Waals surface area contributed by atoms with Crippen LogP contribution in [0.2, 0.25) is 0 Å². The van der Waals surface area contributed by atoms with Gasteiger partial charge in [-0.15, -0.1) is 0 Å². The zero-order chi connectivity index (χ0) is 13.0. The molecule has 1 saturated heterocycles. The zero-order valence-electron chi connectivity index (χ0n) is 10.8. The molecule has 0 aromatic heterocycles. The molecule has 0 bridgehead atoms. The van der Waals surface area contributed by atoms with E-state index in [0.717, 1.165) is 19.5 Å². The molecule has 4 nitrogen and oxygen atoms in total. The molecule has 3 unspecified atom stereocenters. The number of carbonyl (C=O) groups is 1. The van der Waals surface area contributed by atoms with Crippen molar-refractivity contribution in [2.24, 2.45) is 11.8 Å². The third-order valence-corrected chi connectivity index (χ3v) is 3.48. The van der Waals surface area contributed by atoms with E-state index < -0.39 is 12.1 Å². The zero-order valence-corrected chi connectivity index (χ0v) is 10.8. The van der Waals surface area contributed by atoms with Crippen molar-refractivity contribution in [1.82, 2.24) is 4.90 Å². The van der Waals surface area contributed by atoms with Crippen LogP contribution in [0.4, 0.5) is 0 Å². The summed E-state index contributed by atoms with van der Waals surface area (Å²) in [5.74, 6) is 0.134. The van der Waals surface area contributed by atoms with E-state index in [0.29, 0.717) is 25.0 Å². The van der Waals surface area contributed by atoms with Crippen molar-refractivity contribution in [3.05, 3.63) is 24.3 Å². The lowest BCUT2D eigenvalue weighted by Crippen LogP contribution is -2.47. The number of ether oxygens (including phenoxy) is 1. The van der Waals surface area contributed by atoms with Crippen molar-refractivity contribution in [3.63, 3.8) is 0 Å². The van der Waals surface area contributed by atoms with Gasteiger partial charge in [0.15, 0.2) is 6.10 Å². The molecular formula is C14H21NO3. The molecule has 1 aliphatic carbocycles. The van der Waals surface area contributed by atoms with E-state index >= 15 is 0 Å². The Balaban J connectivity index is 1.87. The molecular weight excluding hydrogens is 230 g/mol. The predicted molar refractivity (Wildman–Crippen MR) is 69.4 cm³/mol. The maximum absolute atomic E-state index is 10.9. The van der Waals surface area contributed by atoms with Crippen LogP contribution >= 0.6 is 0 Å². The highest BCUT2D eigenvalue weighted by Gasteiger charge is 2.27. The molecule has 4 heteroatoms. The van der Waals surface area contributed by atoms with Crippen LogP contribution in [0.1, 0.15) is 13.3 Å². The van der Waals surface area contributed by atoms with Crippen LogP contribution in [0.3, 0.4) is 0 Å². The first-order valence-electron chi connectivity index (χ1n) is 6.57. The molecule has 0 aromatic rings. The number of hydrogen-bond acceptors (Lipinski definition) is 3. The van der Waals surface area contributed by atoms with Gasteiger partial charge < -0.3 is 9.84 Å². The Morgan fingerprint density at radius 2 is 2.28 bits per heavy atom. The lowest BCUT2D eigenvalue weighted by molar-refractivity contribution is -0.156. The highest BCUT2D eigenvalue weighted by molar-refractivity contribution is 5.72. The summed E-state index contributed by atoms with van der Waals surface area (Å²) in [6.45, 7) is 4.93. The second-order valence-corrected chi connectivity index (χ2v) is 5.13. The number of hydrogen-bond donors (Lipinski definition) is 1. The van der Waals surface area contributed by atoms with Crippen molar-refractivity contribution < 1.29 is 14.6 Å². The quantitative estimate of drug-likeness (QED) is 0.773. The summed E-state index contributed by atoms with van der Waals surface area (Å²) in [5.41, 5.74) is 0. The average molecular weight is 251 g/mol. The summed E-state index contributed by atoms with van der Waals surface area (Å²) in [6, 6.07) is 0. The molecule has 3 atom stereocenters. The first-order chi connectivity index (χ1) is 8.65. The van der Waals surface area contributed by atoms with E-state index in [1.165, 1.54) is 0 Å². The molecule has 100 valence electrons. The van der Waals surface area contributed by atoms with Crippen LogP contribution in [0.15, 0.2) is 24.3 Å². The molecule has 18 heavy (non-hydrogen) atoms. The van der Waals surface area contributed by atoms with Crippen LogP contribution in [0, 0.1) is 11.8 Å². The lowest BCUT2D eigenvalue weighted by Gasteiger charge is -2.32. The molecule has 0 amide bonds. The first kappa shape index (κ1) is 13.3. The molecule has 1 heterocycles. The number of nitrogens with zero attached hydrogens (tertiary/aromatic N) is 1. The number of carboxylic acids is 1. The second kappa shape index (κ2) is 6.16. The Hall–Kier alpha value is -1.13. The lowest BCUT2D eigenvalue weighted by atomic mass is 10.0. The first-order valence-corrected chi connectivity index (χ1v) is 6.57. The third-order valence-electron chi connectivity index (χ3n) is 3.48. The summed E-state index contributed by atoms with van der Waals surface area (Å²) < 4.78 is 5.23. The van der Waals surface area contributed by atoms with Crippen molar-refractivity contribution >= 4 is 5.97 Å². The molecule has 2 aliphatic rings. The molecule has 1 aliphatic heterocycles. The van der Waals surface area contributed by atoms with Gasteiger partial charge in [-0.25, -0.2) is 4.79 Å². The van der Waals surface area contributed by atoms with Crippen LogP contribution in [-0.2, 0) is 9.53 Å². The topological polar surface area (TPSA) is 49.8 Å². The van der Waals surface area contributed by atoms with Crippen molar-refractivity contribution in [3.8, 4) is 0 Å². The minimum atomic E-state index is -0.857. The van der Waals surface area contributed by atoms with Crippen LogP contribution in [-0.4, -0.2) is 48.3 Å². The normalized spacial score (nSPS) is 33.3. The number of aliphatic carboxylic acids is 1. The summed E-state index contributed by atoms with van der Waals surface area (Å²) in [4.78, 5) is 13.1. The largest absolute Gasteiger partial charge is 0.479 e. The molecule has 2 rings (SSSR count). The van der Waals surface area contributed by atoms with Gasteiger partial charge in [0, 0.05) is 19.6 Å². The fourth-order valence-corrected chi connectivity index (χ4v) is 2.43. The molecule has 1 N–H and O–H groups in total. The summed E-state index contributed by atoms with van der Waals surface area (Å²) in [7, 11) is 0. The minimum Gasteiger partial charge on any atom is -0.479 e. The predicted octanol–water partition coefficient (Wildman–Crippen LogP) is 1.54. The van der Waals surface area contributed by atoms with Gasteiger partial charge in [-0.05, 0) is 18.3 Å². The summed E-state index contributed by atoms with van der Waals surface area (Å²) in [6.07, 6.45) is 9.30. The number of rotatable bonds is 3. The van der Waals surface area contributed by atoms with Gasteiger partial charge in [-0.1, -0.05) is 31.2 Å². The smallest absolute Gasteiger partial charge is 0.334 e. The Morgan fingerprint density at radius 1 is 1.44 bits per heavy atom. The van der Waals surface area contributed by atoms with Crippen LogP contribution < -0.4 is 0 Å². The standard InChI is InChI=1S/C14H21NO3/c1-11-3-2-4-12(6-5-11)9-15-7-8-18-13(10-15)14(16)17/h2-3,5-6,11-13H,4,7-10H2,1H3,(H,16,17). The van der Waals surface area contributed by atoms with Gasteiger partial charge in [-0.2, -0.15) is 0 Å². The Kier molecular flexibility index (Phi) is 4.55. The maximum Gasteiger partial charge on any atom is 0.334 e. The number of allylic oxidation sites excluding steroid dienone is 3. The third kappa shape index (κ3) is 3.68. The minimum absolute atomic E-state index is 0.485. The Labute approximate surface area is 108 Å². The van der Waals surface area contributed by atoms with Crippen LogP contribution in [0.5, 0.6) is 0 Å². The summed E-state index contributed by atoms with van der Waals surface area (Å²) in [5, 5.41) is 8.96. The molecule has 1 fully saturated rings. The SMILES string of the molecule is CC1C=CCC(CN2CCOC(C(=O)O)C2)C=C1. The van der Waals surface area contributed by atoms with Gasteiger partial charge in [0.2, 0.25) is 0 Å².